The van der Waals surface area contributed by atoms with E-state index >= 15 is 0 Å². The van der Waals surface area contributed by atoms with Crippen LogP contribution in [0.4, 0.5) is 0 Å². The topological polar surface area (TPSA) is 89.2 Å². The van der Waals surface area contributed by atoms with E-state index in [1.165, 1.54) is 0 Å². The molecule has 1 aromatic heterocycles. The summed E-state index contributed by atoms with van der Waals surface area (Å²) in [6.07, 6.45) is 6.57. The van der Waals surface area contributed by atoms with Crippen molar-refractivity contribution in [2.75, 3.05) is 19.6 Å². The summed E-state index contributed by atoms with van der Waals surface area (Å²) < 4.78 is 0. The van der Waals surface area contributed by atoms with Gasteiger partial charge in [0.2, 0.25) is 0 Å². The van der Waals surface area contributed by atoms with Crippen molar-refractivity contribution in [3.63, 3.8) is 0 Å². The second-order valence-corrected chi connectivity index (χ2v) is 6.06. The van der Waals surface area contributed by atoms with Crippen molar-refractivity contribution < 1.29 is 9.90 Å². The van der Waals surface area contributed by atoms with E-state index in [0.717, 1.165) is 17.5 Å². The third-order valence-electron chi connectivity index (χ3n) is 4.16. The van der Waals surface area contributed by atoms with E-state index in [1.54, 1.807) is 42.9 Å². The first-order valence-corrected chi connectivity index (χ1v) is 8.93. The van der Waals surface area contributed by atoms with Crippen LogP contribution >= 0.6 is 0 Å². The van der Waals surface area contributed by atoms with Gasteiger partial charge in [0.25, 0.3) is 5.91 Å². The fraction of sp³-hybridized carbons (Fsp3) is 0.286. The molecule has 0 saturated carbocycles. The Morgan fingerprint density at radius 2 is 1.85 bits per heavy atom. The maximum Gasteiger partial charge on any atom is 0.263 e. The van der Waals surface area contributed by atoms with Gasteiger partial charge in [0, 0.05) is 38.2 Å². The number of pyridine rings is 1. The highest BCUT2D eigenvalue weighted by Crippen LogP contribution is 2.09. The number of benzene rings is 1. The lowest BCUT2D eigenvalue weighted by molar-refractivity contribution is -0.117. The standard InChI is InChI=1S/C21H24N4O2/c1-2-25(14-10-18-7-11-23-12-8-18)16-19(15-22)21(27)24-13-9-17-3-5-20(26)6-4-17/h3-8,11-12,16,26H,2,9-10,13-14H2,1H3,(H,24,27)/b19-16-. The number of likely N-dealkylation sites (N-methyl/N-ethyl adjacent to an activating group) is 1. The van der Waals surface area contributed by atoms with E-state index in [2.05, 4.69) is 10.3 Å². The number of nitrogens with one attached hydrogen (secondary N) is 1. The Labute approximate surface area is 159 Å². The normalized spacial score (nSPS) is 10.9. The molecule has 140 valence electrons. The molecule has 0 aliphatic rings. The molecule has 0 aliphatic heterocycles. The van der Waals surface area contributed by atoms with Crippen LogP contribution in [0.3, 0.4) is 0 Å². The Kier molecular flexibility index (Phi) is 7.86. The summed E-state index contributed by atoms with van der Waals surface area (Å²) in [6, 6.07) is 12.7. The summed E-state index contributed by atoms with van der Waals surface area (Å²) in [5.74, 6) is -0.164. The SMILES string of the molecule is CCN(/C=C(/C#N)C(=O)NCCc1ccc(O)cc1)CCc1ccncc1. The van der Waals surface area contributed by atoms with Gasteiger partial charge in [-0.05, 0) is 55.2 Å². The molecule has 0 unspecified atom stereocenters. The minimum atomic E-state index is -0.376. The van der Waals surface area contributed by atoms with E-state index in [4.69, 9.17) is 0 Å². The van der Waals surface area contributed by atoms with Crippen LogP contribution in [0.1, 0.15) is 18.1 Å². The Bertz CT molecular complexity index is 795. The Morgan fingerprint density at radius 1 is 1.19 bits per heavy atom. The van der Waals surface area contributed by atoms with Crippen LogP contribution < -0.4 is 5.32 Å². The molecule has 2 N–H and O–H groups in total. The number of rotatable bonds is 9. The van der Waals surface area contributed by atoms with E-state index in [0.29, 0.717) is 26.1 Å². The molecular formula is C21H24N4O2. The summed E-state index contributed by atoms with van der Waals surface area (Å²) in [6.45, 7) is 3.83. The monoisotopic (exact) mass is 364 g/mol. The summed E-state index contributed by atoms with van der Waals surface area (Å²) in [5.41, 5.74) is 2.26. The highest BCUT2D eigenvalue weighted by atomic mass is 16.3. The fourth-order valence-electron chi connectivity index (χ4n) is 2.54. The van der Waals surface area contributed by atoms with Crippen LogP contribution in [0.15, 0.2) is 60.6 Å². The van der Waals surface area contributed by atoms with Gasteiger partial charge in [0.05, 0.1) is 0 Å². The van der Waals surface area contributed by atoms with Crippen LogP contribution in [-0.4, -0.2) is 40.5 Å². The highest BCUT2D eigenvalue weighted by Gasteiger charge is 2.10. The molecule has 1 amide bonds. The quantitative estimate of drug-likeness (QED) is 0.527. The fourth-order valence-corrected chi connectivity index (χ4v) is 2.54. The van der Waals surface area contributed by atoms with Crippen molar-refractivity contribution in [3.8, 4) is 11.8 Å². The molecule has 2 aromatic rings. The Hall–Kier alpha value is -3.33. The number of hydrogen-bond donors (Lipinski definition) is 2. The number of amides is 1. The number of nitrogens with zero attached hydrogens (tertiary/aromatic N) is 3. The predicted octanol–water partition coefficient (Wildman–Crippen LogP) is 2.42. The molecule has 6 nitrogen and oxygen atoms in total. The molecule has 1 aromatic carbocycles. The molecule has 0 radical (unpaired) electrons. The molecule has 0 aliphatic carbocycles. The van der Waals surface area contributed by atoms with Crippen LogP contribution in [0, 0.1) is 11.3 Å². The van der Waals surface area contributed by atoms with E-state index < -0.39 is 0 Å². The lowest BCUT2D eigenvalue weighted by atomic mass is 10.1. The van der Waals surface area contributed by atoms with Crippen molar-refractivity contribution in [2.24, 2.45) is 0 Å². The van der Waals surface area contributed by atoms with Crippen LogP contribution in [0.25, 0.3) is 0 Å². The zero-order valence-electron chi connectivity index (χ0n) is 15.4. The number of aromatic nitrogens is 1. The average Bonchev–Trinajstić information content (AvgIpc) is 2.70. The molecule has 6 heteroatoms. The highest BCUT2D eigenvalue weighted by molar-refractivity contribution is 5.97. The molecule has 0 atom stereocenters. The van der Waals surface area contributed by atoms with Gasteiger partial charge in [0.15, 0.2) is 0 Å². The van der Waals surface area contributed by atoms with E-state index in [9.17, 15) is 15.2 Å². The molecule has 2 rings (SSSR count). The van der Waals surface area contributed by atoms with Gasteiger partial charge < -0.3 is 15.3 Å². The second-order valence-electron chi connectivity index (χ2n) is 6.06. The molecule has 27 heavy (non-hydrogen) atoms. The van der Waals surface area contributed by atoms with Gasteiger partial charge in [-0.2, -0.15) is 5.26 Å². The summed E-state index contributed by atoms with van der Waals surface area (Å²) in [5, 5.41) is 21.4. The average molecular weight is 364 g/mol. The lowest BCUT2D eigenvalue weighted by Crippen LogP contribution is -2.29. The maximum atomic E-state index is 12.3. The first-order chi connectivity index (χ1) is 13.1. The summed E-state index contributed by atoms with van der Waals surface area (Å²) in [4.78, 5) is 18.2. The molecule has 0 fully saturated rings. The number of carbonyl (C=O) groups is 1. The Morgan fingerprint density at radius 3 is 2.48 bits per heavy atom. The minimum Gasteiger partial charge on any atom is -0.508 e. The maximum absolute atomic E-state index is 12.3. The van der Waals surface area contributed by atoms with Gasteiger partial charge in [-0.3, -0.25) is 9.78 Å². The number of carbonyl (C=O) groups excluding carboxylic acids is 1. The second kappa shape index (κ2) is 10.6. The molecule has 1 heterocycles. The van der Waals surface area contributed by atoms with Crippen LogP contribution in [0.2, 0.25) is 0 Å². The van der Waals surface area contributed by atoms with E-state index in [1.807, 2.05) is 30.0 Å². The third-order valence-corrected chi connectivity index (χ3v) is 4.16. The van der Waals surface area contributed by atoms with Crippen molar-refractivity contribution in [3.05, 3.63) is 71.7 Å². The number of nitriles is 1. The first-order valence-electron chi connectivity index (χ1n) is 8.93. The van der Waals surface area contributed by atoms with Gasteiger partial charge in [0.1, 0.15) is 17.4 Å². The van der Waals surface area contributed by atoms with Crippen LogP contribution in [0.5, 0.6) is 5.75 Å². The molecule has 0 bridgehead atoms. The van der Waals surface area contributed by atoms with E-state index in [-0.39, 0.29) is 17.2 Å². The summed E-state index contributed by atoms with van der Waals surface area (Å²) in [7, 11) is 0. The number of aromatic hydroxyl groups is 1. The number of phenols is 1. The van der Waals surface area contributed by atoms with Crippen LogP contribution in [-0.2, 0) is 17.6 Å². The smallest absolute Gasteiger partial charge is 0.263 e. The van der Waals surface area contributed by atoms with Crippen molar-refractivity contribution >= 4 is 5.91 Å². The third kappa shape index (κ3) is 6.83. The zero-order chi connectivity index (χ0) is 19.5. The minimum absolute atomic E-state index is 0.0947. The van der Waals surface area contributed by atoms with Crippen molar-refractivity contribution in [1.82, 2.24) is 15.2 Å². The summed E-state index contributed by atoms with van der Waals surface area (Å²) >= 11 is 0. The van der Waals surface area contributed by atoms with Gasteiger partial charge in [-0.1, -0.05) is 12.1 Å². The number of hydrogen-bond acceptors (Lipinski definition) is 5. The molecule has 0 spiro atoms. The van der Waals surface area contributed by atoms with Gasteiger partial charge in [-0.15, -0.1) is 0 Å². The Balaban J connectivity index is 1.87. The van der Waals surface area contributed by atoms with Gasteiger partial charge >= 0.3 is 0 Å². The largest absolute Gasteiger partial charge is 0.508 e. The zero-order valence-corrected chi connectivity index (χ0v) is 15.4. The lowest BCUT2D eigenvalue weighted by Gasteiger charge is -2.18. The first kappa shape index (κ1) is 20.0. The predicted molar refractivity (Wildman–Crippen MR) is 104 cm³/mol. The number of phenolic OH excluding ortho intramolecular Hbond substituents is 1. The van der Waals surface area contributed by atoms with Crippen molar-refractivity contribution in [1.29, 1.82) is 5.26 Å². The van der Waals surface area contributed by atoms with Gasteiger partial charge in [-0.25, -0.2) is 0 Å². The molecule has 0 saturated heterocycles. The van der Waals surface area contributed by atoms with Crippen molar-refractivity contribution in [2.45, 2.75) is 19.8 Å². The molecular weight excluding hydrogens is 340 g/mol.